The number of rotatable bonds is 5. The molecule has 1 aromatic heterocycles. The van der Waals surface area contributed by atoms with Crippen molar-refractivity contribution in [2.24, 2.45) is 5.92 Å². The van der Waals surface area contributed by atoms with Gasteiger partial charge in [-0.1, -0.05) is 0 Å². The summed E-state index contributed by atoms with van der Waals surface area (Å²) in [5.41, 5.74) is -1.10. The number of alkyl halides is 3. The average molecular weight is 326 g/mol. The number of pyridine rings is 1. The van der Waals surface area contributed by atoms with E-state index in [1.807, 2.05) is 0 Å². The number of Topliss-reactive ketones (excluding diaryl/α,β-unsaturated/α-hetero) is 2. The van der Waals surface area contributed by atoms with Crippen LogP contribution in [0.4, 0.5) is 13.2 Å². The molecule has 0 atom stereocenters. The van der Waals surface area contributed by atoms with Crippen LogP contribution in [-0.4, -0.2) is 35.5 Å². The Kier molecular flexibility index (Phi) is 4.58. The maximum absolute atomic E-state index is 12.7. The predicted molar refractivity (Wildman–Crippen MR) is 77.8 cm³/mol. The Bertz CT molecular complexity index is 674. The van der Waals surface area contributed by atoms with Crippen molar-refractivity contribution < 1.29 is 22.8 Å². The van der Waals surface area contributed by atoms with Crippen LogP contribution in [0.5, 0.6) is 0 Å². The van der Waals surface area contributed by atoms with E-state index in [2.05, 4.69) is 4.98 Å². The van der Waals surface area contributed by atoms with Crippen LogP contribution in [0.25, 0.3) is 0 Å². The van der Waals surface area contributed by atoms with Crippen LogP contribution in [0, 0.1) is 12.8 Å². The highest BCUT2D eigenvalue weighted by Crippen LogP contribution is 2.34. The van der Waals surface area contributed by atoms with E-state index >= 15 is 0 Å². The maximum Gasteiger partial charge on any atom is 0.433 e. The lowest BCUT2D eigenvalue weighted by Crippen LogP contribution is -2.20. The van der Waals surface area contributed by atoms with Gasteiger partial charge in [0.25, 0.3) is 0 Å². The molecular formula is C16H17F3N2O2. The number of hydrogen-bond donors (Lipinski definition) is 0. The fraction of sp³-hybridized carbons (Fsp3) is 0.438. The van der Waals surface area contributed by atoms with Crippen LogP contribution in [-0.2, 0) is 11.0 Å². The average Bonchev–Trinajstić information content (AvgIpc) is 3.26. The lowest BCUT2D eigenvalue weighted by molar-refractivity contribution is -0.141. The SMILES string of the molecule is Cc1nc(C(F)(F)F)ccc1C(=O)/C(=C\N(C)C)C(=O)C1CC1. The summed E-state index contributed by atoms with van der Waals surface area (Å²) in [5.74, 6) is -1.01. The number of halogens is 3. The standard InChI is InChI=1S/C16H17F3N2O2/c1-9-11(6-7-13(20-9)16(17,18)19)15(23)12(8-21(2)3)14(22)10-4-5-10/h6-8,10H,4-5H2,1-3H3/b12-8-. The first-order chi connectivity index (χ1) is 10.6. The maximum atomic E-state index is 12.7. The third kappa shape index (κ3) is 3.97. The summed E-state index contributed by atoms with van der Waals surface area (Å²) in [6, 6.07) is 1.84. The minimum atomic E-state index is -4.57. The molecule has 1 aliphatic rings. The highest BCUT2D eigenvalue weighted by Gasteiger charge is 2.36. The molecule has 0 radical (unpaired) electrons. The minimum Gasteiger partial charge on any atom is -0.383 e. The molecule has 0 aliphatic heterocycles. The van der Waals surface area contributed by atoms with E-state index in [4.69, 9.17) is 0 Å². The zero-order valence-corrected chi connectivity index (χ0v) is 13.1. The van der Waals surface area contributed by atoms with Gasteiger partial charge in [0.05, 0.1) is 5.57 Å². The number of ketones is 2. The fourth-order valence-electron chi connectivity index (χ4n) is 2.16. The fourth-order valence-corrected chi connectivity index (χ4v) is 2.16. The molecule has 124 valence electrons. The molecule has 0 N–H and O–H groups in total. The first-order valence-corrected chi connectivity index (χ1v) is 7.13. The molecule has 0 unspecified atom stereocenters. The number of aryl methyl sites for hydroxylation is 1. The van der Waals surface area contributed by atoms with Gasteiger partial charge in [-0.2, -0.15) is 13.2 Å². The molecule has 0 saturated heterocycles. The third-order valence-corrected chi connectivity index (χ3v) is 3.47. The smallest absolute Gasteiger partial charge is 0.383 e. The summed E-state index contributed by atoms with van der Waals surface area (Å²) >= 11 is 0. The molecule has 1 aromatic rings. The van der Waals surface area contributed by atoms with E-state index in [0.29, 0.717) is 0 Å². The van der Waals surface area contributed by atoms with Crippen molar-refractivity contribution in [1.82, 2.24) is 9.88 Å². The summed E-state index contributed by atoms with van der Waals surface area (Å²) in [6.45, 7) is 1.33. The zero-order valence-electron chi connectivity index (χ0n) is 13.1. The van der Waals surface area contributed by atoms with E-state index in [9.17, 15) is 22.8 Å². The molecule has 1 saturated carbocycles. The molecule has 7 heteroatoms. The number of nitrogens with zero attached hydrogens (tertiary/aromatic N) is 2. The first-order valence-electron chi connectivity index (χ1n) is 7.13. The molecule has 2 rings (SSSR count). The van der Waals surface area contributed by atoms with Crippen molar-refractivity contribution in [3.05, 3.63) is 40.9 Å². The summed E-state index contributed by atoms with van der Waals surface area (Å²) in [5, 5.41) is 0. The molecule has 0 spiro atoms. The zero-order chi connectivity index (χ0) is 17.4. The summed E-state index contributed by atoms with van der Waals surface area (Å²) < 4.78 is 38.0. The molecule has 1 heterocycles. The van der Waals surface area contributed by atoms with E-state index in [0.717, 1.165) is 25.0 Å². The van der Waals surface area contributed by atoms with Gasteiger partial charge in [-0.05, 0) is 31.9 Å². The molecule has 23 heavy (non-hydrogen) atoms. The van der Waals surface area contributed by atoms with Crippen molar-refractivity contribution in [2.75, 3.05) is 14.1 Å². The Morgan fingerprint density at radius 3 is 2.30 bits per heavy atom. The van der Waals surface area contributed by atoms with E-state index < -0.39 is 17.7 Å². The second-order valence-electron chi connectivity index (χ2n) is 5.80. The molecule has 0 bridgehead atoms. The molecule has 0 amide bonds. The summed E-state index contributed by atoms with van der Waals surface area (Å²) in [7, 11) is 3.34. The van der Waals surface area contributed by atoms with Crippen LogP contribution in [0.2, 0.25) is 0 Å². The topological polar surface area (TPSA) is 50.3 Å². The highest BCUT2D eigenvalue weighted by molar-refractivity contribution is 6.27. The largest absolute Gasteiger partial charge is 0.433 e. The number of carbonyl (C=O) groups excluding carboxylic acids is 2. The van der Waals surface area contributed by atoms with Gasteiger partial charge < -0.3 is 4.90 Å². The second kappa shape index (κ2) is 6.14. The number of allylic oxidation sites excluding steroid dienone is 1. The third-order valence-electron chi connectivity index (χ3n) is 3.47. The van der Waals surface area contributed by atoms with E-state index in [-0.39, 0.29) is 28.5 Å². The van der Waals surface area contributed by atoms with Crippen LogP contribution < -0.4 is 0 Å². The molecular weight excluding hydrogens is 309 g/mol. The van der Waals surface area contributed by atoms with Gasteiger partial charge in [-0.3, -0.25) is 9.59 Å². The number of carbonyl (C=O) groups is 2. The van der Waals surface area contributed by atoms with Gasteiger partial charge in [-0.15, -0.1) is 0 Å². The van der Waals surface area contributed by atoms with Crippen molar-refractivity contribution in [3.8, 4) is 0 Å². The first kappa shape index (κ1) is 17.2. The Hall–Kier alpha value is -2.18. The highest BCUT2D eigenvalue weighted by atomic mass is 19.4. The van der Waals surface area contributed by atoms with Gasteiger partial charge in [0.15, 0.2) is 11.6 Å². The van der Waals surface area contributed by atoms with E-state index in [1.165, 1.54) is 13.1 Å². The number of aromatic nitrogens is 1. The Morgan fingerprint density at radius 2 is 1.87 bits per heavy atom. The monoisotopic (exact) mass is 326 g/mol. The van der Waals surface area contributed by atoms with Gasteiger partial charge >= 0.3 is 6.18 Å². The van der Waals surface area contributed by atoms with Crippen molar-refractivity contribution in [3.63, 3.8) is 0 Å². The van der Waals surface area contributed by atoms with Gasteiger partial charge in [0, 0.05) is 37.5 Å². The van der Waals surface area contributed by atoms with Crippen molar-refractivity contribution in [2.45, 2.75) is 25.9 Å². The number of hydrogen-bond acceptors (Lipinski definition) is 4. The molecule has 0 aromatic carbocycles. The van der Waals surface area contributed by atoms with Crippen molar-refractivity contribution >= 4 is 11.6 Å². The van der Waals surface area contributed by atoms with Gasteiger partial charge in [0.1, 0.15) is 5.69 Å². The molecule has 1 fully saturated rings. The quantitative estimate of drug-likeness (QED) is 0.361. The summed E-state index contributed by atoms with van der Waals surface area (Å²) in [4.78, 5) is 29.9. The van der Waals surface area contributed by atoms with Gasteiger partial charge in [-0.25, -0.2) is 4.98 Å². The Balaban J connectivity index is 2.39. The normalized spacial score (nSPS) is 15.5. The lowest BCUT2D eigenvalue weighted by Gasteiger charge is -2.13. The Morgan fingerprint density at radius 1 is 1.26 bits per heavy atom. The van der Waals surface area contributed by atoms with Crippen LogP contribution in [0.15, 0.2) is 23.9 Å². The van der Waals surface area contributed by atoms with Crippen LogP contribution >= 0.6 is 0 Å². The van der Waals surface area contributed by atoms with Crippen LogP contribution in [0.1, 0.15) is 34.6 Å². The molecule has 1 aliphatic carbocycles. The minimum absolute atomic E-state index is 0.0119. The van der Waals surface area contributed by atoms with Gasteiger partial charge in [0.2, 0.25) is 0 Å². The predicted octanol–water partition coefficient (Wildman–Crippen LogP) is 3.02. The van der Waals surface area contributed by atoms with Crippen molar-refractivity contribution in [1.29, 1.82) is 0 Å². The van der Waals surface area contributed by atoms with E-state index in [1.54, 1.807) is 19.0 Å². The second-order valence-corrected chi connectivity index (χ2v) is 5.80. The summed E-state index contributed by atoms with van der Waals surface area (Å²) in [6.07, 6.45) is -1.68. The lowest BCUT2D eigenvalue weighted by atomic mass is 9.97. The molecule has 4 nitrogen and oxygen atoms in total. The van der Waals surface area contributed by atoms with Crippen LogP contribution in [0.3, 0.4) is 0 Å². The Labute approximate surface area is 132 Å².